The van der Waals surface area contributed by atoms with Crippen molar-refractivity contribution < 1.29 is 19.1 Å². The SMILES string of the molecule is C#CCOc1ccc2ccccc2c1/C=N\NC(=O)[C@@H](Cc1ccccc1)NC(=O)COc1c(C)cccc1C. The summed E-state index contributed by atoms with van der Waals surface area (Å²) in [5.74, 6) is 2.79. The van der Waals surface area contributed by atoms with Gasteiger partial charge in [0.15, 0.2) is 6.61 Å². The second-order valence-corrected chi connectivity index (χ2v) is 9.24. The maximum atomic E-state index is 13.2. The molecule has 4 aromatic rings. The van der Waals surface area contributed by atoms with E-state index in [4.69, 9.17) is 15.9 Å². The van der Waals surface area contributed by atoms with E-state index >= 15 is 0 Å². The summed E-state index contributed by atoms with van der Waals surface area (Å²) in [6.07, 6.45) is 7.18. The highest BCUT2D eigenvalue weighted by molar-refractivity contribution is 6.02. The van der Waals surface area contributed by atoms with Gasteiger partial charge in [-0.3, -0.25) is 9.59 Å². The number of aryl methyl sites for hydroxylation is 2. The van der Waals surface area contributed by atoms with Crippen molar-refractivity contribution in [2.45, 2.75) is 26.3 Å². The highest BCUT2D eigenvalue weighted by atomic mass is 16.5. The second kappa shape index (κ2) is 13.6. The Kier molecular flexibility index (Phi) is 9.52. The number of rotatable bonds is 11. The molecule has 0 bridgehead atoms. The number of hydrazone groups is 1. The summed E-state index contributed by atoms with van der Waals surface area (Å²) < 4.78 is 11.5. The first kappa shape index (κ1) is 27.9. The van der Waals surface area contributed by atoms with Crippen LogP contribution < -0.4 is 20.2 Å². The molecule has 2 N–H and O–H groups in total. The lowest BCUT2D eigenvalue weighted by Gasteiger charge is -2.18. The molecule has 4 rings (SSSR count). The predicted octanol–water partition coefficient (Wildman–Crippen LogP) is 4.73. The van der Waals surface area contributed by atoms with E-state index < -0.39 is 17.9 Å². The summed E-state index contributed by atoms with van der Waals surface area (Å²) in [5, 5.41) is 8.89. The average molecular weight is 534 g/mol. The summed E-state index contributed by atoms with van der Waals surface area (Å²) in [4.78, 5) is 26.1. The van der Waals surface area contributed by atoms with Crippen molar-refractivity contribution in [2.75, 3.05) is 13.2 Å². The molecule has 0 radical (unpaired) electrons. The average Bonchev–Trinajstić information content (AvgIpc) is 2.96. The zero-order chi connectivity index (χ0) is 28.3. The van der Waals surface area contributed by atoms with Crippen LogP contribution in [-0.4, -0.2) is 37.3 Å². The normalized spacial score (nSPS) is 11.5. The molecular formula is C33H31N3O4. The van der Waals surface area contributed by atoms with Crippen molar-refractivity contribution >= 4 is 28.8 Å². The van der Waals surface area contributed by atoms with Crippen molar-refractivity contribution in [3.63, 3.8) is 0 Å². The molecule has 0 aromatic heterocycles. The quantitative estimate of drug-likeness (QED) is 0.166. The Balaban J connectivity index is 1.49. The Labute approximate surface area is 234 Å². The van der Waals surface area contributed by atoms with Gasteiger partial charge in [-0.1, -0.05) is 84.8 Å². The van der Waals surface area contributed by atoms with Crippen LogP contribution in [0.25, 0.3) is 10.8 Å². The van der Waals surface area contributed by atoms with Crippen LogP contribution in [0.2, 0.25) is 0 Å². The standard InChI is InChI=1S/C33H31N3O4/c1-4-19-39-30-18-17-26-15-8-9-16-27(26)28(30)21-34-36-33(38)29(20-25-13-6-5-7-14-25)35-31(37)22-40-32-23(2)11-10-12-24(32)3/h1,5-18,21,29H,19-20,22H2,2-3H3,(H,35,37)(H,36,38)/b34-21-/t29-/m1/s1. The first-order valence-corrected chi connectivity index (χ1v) is 12.9. The third kappa shape index (κ3) is 7.27. The molecule has 0 spiro atoms. The fourth-order valence-corrected chi connectivity index (χ4v) is 4.35. The third-order valence-corrected chi connectivity index (χ3v) is 6.30. The molecule has 0 saturated carbocycles. The van der Waals surface area contributed by atoms with E-state index in [2.05, 4.69) is 21.8 Å². The fourth-order valence-electron chi connectivity index (χ4n) is 4.35. The Hall–Kier alpha value is -5.09. The zero-order valence-corrected chi connectivity index (χ0v) is 22.5. The molecule has 0 heterocycles. The van der Waals surface area contributed by atoms with Crippen molar-refractivity contribution in [2.24, 2.45) is 5.10 Å². The molecule has 0 fully saturated rings. The van der Waals surface area contributed by atoms with Crippen LogP contribution in [-0.2, 0) is 16.0 Å². The largest absolute Gasteiger partial charge is 0.483 e. The van der Waals surface area contributed by atoms with Gasteiger partial charge < -0.3 is 14.8 Å². The molecule has 0 aliphatic carbocycles. The molecule has 1 atom stereocenters. The Morgan fingerprint density at radius 2 is 1.65 bits per heavy atom. The molecule has 7 heteroatoms. The van der Waals surface area contributed by atoms with Gasteiger partial charge in [-0.05, 0) is 47.4 Å². The minimum Gasteiger partial charge on any atom is -0.483 e. The molecule has 0 aliphatic rings. The van der Waals surface area contributed by atoms with Gasteiger partial charge in [-0.25, -0.2) is 5.43 Å². The Morgan fingerprint density at radius 1 is 0.925 bits per heavy atom. The van der Waals surface area contributed by atoms with Crippen LogP contribution in [0.5, 0.6) is 11.5 Å². The lowest BCUT2D eigenvalue weighted by molar-refractivity contribution is -0.130. The van der Waals surface area contributed by atoms with Gasteiger partial charge >= 0.3 is 0 Å². The van der Waals surface area contributed by atoms with E-state index in [1.165, 1.54) is 6.21 Å². The third-order valence-electron chi connectivity index (χ3n) is 6.30. The molecule has 0 saturated heterocycles. The lowest BCUT2D eigenvalue weighted by atomic mass is 10.0. The number of terminal acetylenes is 1. The fraction of sp³-hybridized carbons (Fsp3) is 0.182. The van der Waals surface area contributed by atoms with Gasteiger partial charge in [0, 0.05) is 12.0 Å². The Morgan fingerprint density at radius 3 is 2.40 bits per heavy atom. The number of hydrogen-bond donors (Lipinski definition) is 2. The number of carbonyl (C=O) groups excluding carboxylic acids is 2. The number of amides is 2. The number of nitrogens with zero attached hydrogens (tertiary/aromatic N) is 1. The maximum Gasteiger partial charge on any atom is 0.262 e. The van der Waals surface area contributed by atoms with Crippen molar-refractivity contribution in [1.29, 1.82) is 0 Å². The molecule has 0 unspecified atom stereocenters. The van der Waals surface area contributed by atoms with Crippen LogP contribution >= 0.6 is 0 Å². The summed E-state index contributed by atoms with van der Waals surface area (Å²) in [6, 6.07) is 25.9. The molecule has 7 nitrogen and oxygen atoms in total. The van der Waals surface area contributed by atoms with E-state index in [1.807, 2.05) is 98.8 Å². The summed E-state index contributed by atoms with van der Waals surface area (Å²) >= 11 is 0. The minimum atomic E-state index is -0.877. The van der Waals surface area contributed by atoms with Gasteiger partial charge in [0.25, 0.3) is 11.8 Å². The zero-order valence-electron chi connectivity index (χ0n) is 22.5. The number of hydrogen-bond acceptors (Lipinski definition) is 5. The van der Waals surface area contributed by atoms with Crippen LogP contribution in [0.1, 0.15) is 22.3 Å². The summed E-state index contributed by atoms with van der Waals surface area (Å²) in [6.45, 7) is 3.71. The van der Waals surface area contributed by atoms with Crippen LogP contribution in [0.4, 0.5) is 0 Å². The summed E-state index contributed by atoms with van der Waals surface area (Å²) in [5.41, 5.74) is 6.01. The van der Waals surface area contributed by atoms with Crippen LogP contribution in [0.3, 0.4) is 0 Å². The van der Waals surface area contributed by atoms with Crippen LogP contribution in [0, 0.1) is 26.2 Å². The summed E-state index contributed by atoms with van der Waals surface area (Å²) in [7, 11) is 0. The molecular weight excluding hydrogens is 502 g/mol. The van der Waals surface area contributed by atoms with Crippen molar-refractivity contribution in [1.82, 2.24) is 10.7 Å². The van der Waals surface area contributed by atoms with E-state index in [0.29, 0.717) is 17.1 Å². The number of carbonyl (C=O) groups is 2. The van der Waals surface area contributed by atoms with Gasteiger partial charge in [0.1, 0.15) is 24.1 Å². The molecule has 4 aromatic carbocycles. The Bertz CT molecular complexity index is 1540. The van der Waals surface area contributed by atoms with Gasteiger partial charge in [-0.15, -0.1) is 6.42 Å². The molecule has 2 amide bonds. The van der Waals surface area contributed by atoms with Crippen LogP contribution in [0.15, 0.2) is 90.0 Å². The van der Waals surface area contributed by atoms with E-state index in [-0.39, 0.29) is 19.6 Å². The number of fused-ring (bicyclic) bond motifs is 1. The van der Waals surface area contributed by atoms with Gasteiger partial charge in [-0.2, -0.15) is 5.10 Å². The molecule has 202 valence electrons. The number of para-hydroxylation sites is 1. The maximum absolute atomic E-state index is 13.2. The predicted molar refractivity (Wildman–Crippen MR) is 158 cm³/mol. The topological polar surface area (TPSA) is 89.0 Å². The second-order valence-electron chi connectivity index (χ2n) is 9.24. The minimum absolute atomic E-state index is 0.0980. The molecule has 40 heavy (non-hydrogen) atoms. The lowest BCUT2D eigenvalue weighted by Crippen LogP contribution is -2.48. The van der Waals surface area contributed by atoms with E-state index in [9.17, 15) is 9.59 Å². The highest BCUT2D eigenvalue weighted by Gasteiger charge is 2.22. The first-order valence-electron chi connectivity index (χ1n) is 12.9. The first-order chi connectivity index (χ1) is 19.5. The monoisotopic (exact) mass is 533 g/mol. The van der Waals surface area contributed by atoms with Gasteiger partial charge in [0.05, 0.1) is 6.21 Å². The van der Waals surface area contributed by atoms with Crippen molar-refractivity contribution in [3.8, 4) is 23.8 Å². The van der Waals surface area contributed by atoms with E-state index in [0.717, 1.165) is 27.5 Å². The number of nitrogens with one attached hydrogen (secondary N) is 2. The highest BCUT2D eigenvalue weighted by Crippen LogP contribution is 2.27. The number of ether oxygens (including phenoxy) is 2. The van der Waals surface area contributed by atoms with Crippen molar-refractivity contribution in [3.05, 3.63) is 107 Å². The number of benzene rings is 4. The molecule has 0 aliphatic heterocycles. The smallest absolute Gasteiger partial charge is 0.262 e. The van der Waals surface area contributed by atoms with E-state index in [1.54, 1.807) is 0 Å². The van der Waals surface area contributed by atoms with Gasteiger partial charge in [0.2, 0.25) is 0 Å².